The van der Waals surface area contributed by atoms with E-state index < -0.39 is 0 Å². The molecule has 0 fully saturated rings. The van der Waals surface area contributed by atoms with E-state index in [0.717, 1.165) is 17.9 Å². The number of fused-ring (bicyclic) bond motifs is 1. The molecule has 23 heavy (non-hydrogen) atoms. The van der Waals surface area contributed by atoms with Crippen molar-refractivity contribution in [3.05, 3.63) is 39.8 Å². The van der Waals surface area contributed by atoms with E-state index >= 15 is 0 Å². The Balaban J connectivity index is 0.000000615. The van der Waals surface area contributed by atoms with Crippen molar-refractivity contribution in [1.29, 1.82) is 0 Å². The van der Waals surface area contributed by atoms with Crippen LogP contribution < -0.4 is 0 Å². The van der Waals surface area contributed by atoms with E-state index in [0.29, 0.717) is 0 Å². The van der Waals surface area contributed by atoms with E-state index in [1.165, 1.54) is 47.3 Å². The molecule has 0 N–H and O–H groups in total. The minimum atomic E-state index is 0.995. The van der Waals surface area contributed by atoms with Gasteiger partial charge in [-0.1, -0.05) is 33.8 Å². The molecule has 0 radical (unpaired) electrons. The topological polar surface area (TPSA) is 30.7 Å². The zero-order valence-corrected chi connectivity index (χ0v) is 16.2. The predicted octanol–water partition coefficient (Wildman–Crippen LogP) is 5.43. The molecule has 0 spiro atoms. The molecule has 0 aromatic carbocycles. The fraction of sp³-hybridized carbons (Fsp3) is 0.600. The molecule has 2 heterocycles. The molecule has 2 aromatic heterocycles. The number of hydrogen-bond donors (Lipinski definition) is 0. The Morgan fingerprint density at radius 2 is 1.48 bits per heavy atom. The normalized spacial score (nSPS) is 12.5. The number of aromatic nitrogens is 3. The molecule has 0 bridgehead atoms. The van der Waals surface area contributed by atoms with Crippen LogP contribution in [-0.2, 0) is 12.8 Å². The molecule has 0 saturated carbocycles. The van der Waals surface area contributed by atoms with E-state index in [1.54, 1.807) is 0 Å². The van der Waals surface area contributed by atoms with Crippen LogP contribution in [0, 0.1) is 27.7 Å². The summed E-state index contributed by atoms with van der Waals surface area (Å²) in [5, 5.41) is 4.81. The van der Waals surface area contributed by atoms with Crippen LogP contribution in [0.15, 0.2) is 6.07 Å². The number of aryl methyl sites for hydroxylation is 4. The van der Waals surface area contributed by atoms with Crippen LogP contribution in [-0.4, -0.2) is 14.8 Å². The van der Waals surface area contributed by atoms with Gasteiger partial charge in [-0.3, -0.25) is 0 Å². The van der Waals surface area contributed by atoms with Gasteiger partial charge in [0.1, 0.15) is 0 Å². The highest BCUT2D eigenvalue weighted by Gasteiger charge is 2.20. The molecule has 0 aliphatic heterocycles. The van der Waals surface area contributed by atoms with Gasteiger partial charge in [0.25, 0.3) is 0 Å². The van der Waals surface area contributed by atoms with Crippen molar-refractivity contribution in [1.82, 2.24) is 14.8 Å². The first-order valence-electron chi connectivity index (χ1n) is 9.10. The van der Waals surface area contributed by atoms with Gasteiger partial charge in [0.2, 0.25) is 0 Å². The lowest BCUT2D eigenvalue weighted by Gasteiger charge is -2.11. The third-order valence-electron chi connectivity index (χ3n) is 4.24. The fourth-order valence-electron chi connectivity index (χ4n) is 2.96. The van der Waals surface area contributed by atoms with Crippen molar-refractivity contribution in [3.63, 3.8) is 0 Å². The summed E-state index contributed by atoms with van der Waals surface area (Å²) in [6.45, 7) is 16.5. The van der Waals surface area contributed by atoms with Crippen LogP contribution in [0.3, 0.4) is 0 Å². The molecular weight excluding hydrogens is 282 g/mol. The minimum absolute atomic E-state index is 0.995. The van der Waals surface area contributed by atoms with Gasteiger partial charge < -0.3 is 0 Å². The Morgan fingerprint density at radius 3 is 2.09 bits per heavy atom. The Bertz CT molecular complexity index is 639. The highest BCUT2D eigenvalue weighted by molar-refractivity contribution is 5.41. The summed E-state index contributed by atoms with van der Waals surface area (Å²) in [7, 11) is 0. The third-order valence-corrected chi connectivity index (χ3v) is 4.24. The molecule has 0 atom stereocenters. The number of pyridine rings is 1. The van der Waals surface area contributed by atoms with Crippen molar-refractivity contribution < 1.29 is 0 Å². The van der Waals surface area contributed by atoms with Gasteiger partial charge in [-0.25, -0.2) is 9.67 Å². The minimum Gasteiger partial charge on any atom is -0.233 e. The van der Waals surface area contributed by atoms with Crippen molar-refractivity contribution in [2.24, 2.45) is 0 Å². The Hall–Kier alpha value is -1.64. The molecule has 128 valence electrons. The molecule has 0 saturated heterocycles. The molecule has 3 heteroatoms. The number of rotatable bonds is 1. The summed E-state index contributed by atoms with van der Waals surface area (Å²) in [4.78, 5) is 4.75. The first-order chi connectivity index (χ1) is 11.1. The molecule has 0 amide bonds. The first kappa shape index (κ1) is 19.4. The fourth-order valence-corrected chi connectivity index (χ4v) is 2.96. The van der Waals surface area contributed by atoms with E-state index in [-0.39, 0.29) is 0 Å². The SMILES string of the molecule is CC.CC.Cc1cc(C)c(-n2nc3c(c2C)CCCC3)nc1C. The summed E-state index contributed by atoms with van der Waals surface area (Å²) in [5.41, 5.74) is 7.54. The lowest BCUT2D eigenvalue weighted by atomic mass is 9.96. The van der Waals surface area contributed by atoms with Crippen LogP contribution in [0.5, 0.6) is 0 Å². The lowest BCUT2D eigenvalue weighted by Crippen LogP contribution is -2.06. The second-order valence-corrected chi connectivity index (χ2v) is 5.66. The maximum atomic E-state index is 4.81. The standard InChI is InChI=1S/C16H21N3.2C2H6/c1-10-9-11(2)16(17-12(10)3)19-13(4)14-7-5-6-8-15(14)18-19;2*1-2/h9H,5-8H2,1-4H3;2*1-2H3. The molecule has 3 nitrogen and oxygen atoms in total. The lowest BCUT2D eigenvalue weighted by molar-refractivity contribution is 0.670. The van der Waals surface area contributed by atoms with Crippen LogP contribution >= 0.6 is 0 Å². The molecule has 1 aliphatic rings. The Labute approximate surface area is 142 Å². The van der Waals surface area contributed by atoms with E-state index in [9.17, 15) is 0 Å². The van der Waals surface area contributed by atoms with Crippen LogP contribution in [0.2, 0.25) is 0 Å². The summed E-state index contributed by atoms with van der Waals surface area (Å²) in [5.74, 6) is 0.995. The zero-order valence-electron chi connectivity index (χ0n) is 16.2. The predicted molar refractivity (Wildman–Crippen MR) is 99.6 cm³/mol. The number of nitrogens with zero attached hydrogens (tertiary/aromatic N) is 3. The van der Waals surface area contributed by atoms with Gasteiger partial charge in [-0.2, -0.15) is 5.10 Å². The summed E-state index contributed by atoms with van der Waals surface area (Å²) in [6, 6.07) is 2.21. The quantitative estimate of drug-likeness (QED) is 0.702. The van der Waals surface area contributed by atoms with Gasteiger partial charge in [0.15, 0.2) is 5.82 Å². The summed E-state index contributed by atoms with van der Waals surface area (Å²) < 4.78 is 2.05. The Morgan fingerprint density at radius 1 is 0.870 bits per heavy atom. The Kier molecular flexibility index (Phi) is 7.47. The smallest absolute Gasteiger partial charge is 0.156 e. The second-order valence-electron chi connectivity index (χ2n) is 5.66. The highest BCUT2D eigenvalue weighted by atomic mass is 15.3. The van der Waals surface area contributed by atoms with Crippen LogP contribution in [0.4, 0.5) is 0 Å². The van der Waals surface area contributed by atoms with Crippen molar-refractivity contribution in [3.8, 4) is 5.82 Å². The monoisotopic (exact) mass is 315 g/mol. The second kappa shape index (κ2) is 8.85. The van der Waals surface area contributed by atoms with Crippen LogP contribution in [0.1, 0.15) is 74.3 Å². The average Bonchev–Trinajstić information content (AvgIpc) is 2.92. The highest BCUT2D eigenvalue weighted by Crippen LogP contribution is 2.26. The molecule has 0 unspecified atom stereocenters. The van der Waals surface area contributed by atoms with E-state index in [4.69, 9.17) is 10.1 Å². The largest absolute Gasteiger partial charge is 0.233 e. The molecule has 2 aromatic rings. The maximum absolute atomic E-state index is 4.81. The van der Waals surface area contributed by atoms with Gasteiger partial charge >= 0.3 is 0 Å². The van der Waals surface area contributed by atoms with E-state index in [2.05, 4.69) is 38.4 Å². The van der Waals surface area contributed by atoms with Gasteiger partial charge in [0.05, 0.1) is 5.69 Å². The molecule has 1 aliphatic carbocycles. The first-order valence-corrected chi connectivity index (χ1v) is 9.10. The maximum Gasteiger partial charge on any atom is 0.156 e. The summed E-state index contributed by atoms with van der Waals surface area (Å²) >= 11 is 0. The van der Waals surface area contributed by atoms with Crippen molar-refractivity contribution in [2.45, 2.75) is 81.1 Å². The third kappa shape index (κ3) is 4.01. The number of hydrogen-bond acceptors (Lipinski definition) is 2. The zero-order chi connectivity index (χ0) is 17.6. The van der Waals surface area contributed by atoms with Crippen molar-refractivity contribution >= 4 is 0 Å². The van der Waals surface area contributed by atoms with Gasteiger partial charge in [-0.15, -0.1) is 0 Å². The average molecular weight is 316 g/mol. The molecular formula is C20H33N3. The van der Waals surface area contributed by atoms with E-state index in [1.807, 2.05) is 27.7 Å². The van der Waals surface area contributed by atoms with Gasteiger partial charge in [-0.05, 0) is 70.1 Å². The van der Waals surface area contributed by atoms with Crippen molar-refractivity contribution in [2.75, 3.05) is 0 Å². The summed E-state index contributed by atoms with van der Waals surface area (Å²) in [6.07, 6.45) is 4.85. The molecule has 3 rings (SSSR count). The van der Waals surface area contributed by atoms with Gasteiger partial charge in [0, 0.05) is 11.4 Å². The van der Waals surface area contributed by atoms with Crippen LogP contribution in [0.25, 0.3) is 5.82 Å².